The molecule has 2 fully saturated rings. The van der Waals surface area contributed by atoms with E-state index in [0.29, 0.717) is 37.1 Å². The van der Waals surface area contributed by atoms with E-state index in [9.17, 15) is 10.1 Å². The van der Waals surface area contributed by atoms with E-state index in [0.717, 1.165) is 47.2 Å². The fraction of sp³-hybridized carbons (Fsp3) is 0.385. The van der Waals surface area contributed by atoms with Gasteiger partial charge in [0.25, 0.3) is 0 Å². The molecular weight excluding hydrogens is 418 g/mol. The lowest BCUT2D eigenvalue weighted by atomic mass is 9.92. The number of nitrogens with one attached hydrogen (secondary N) is 1. The van der Waals surface area contributed by atoms with Gasteiger partial charge in [-0.05, 0) is 62.1 Å². The Morgan fingerprint density at radius 1 is 1.21 bits per heavy atom. The van der Waals surface area contributed by atoms with Crippen LogP contribution in [0.2, 0.25) is 0 Å². The number of ether oxygens (including phenoxy) is 3. The molecule has 7 nitrogen and oxygen atoms in total. The number of rotatable bonds is 6. The summed E-state index contributed by atoms with van der Waals surface area (Å²) in [5.41, 5.74) is 4.21. The molecule has 1 unspecified atom stereocenters. The number of carbonyl (C=O) groups is 1. The average Bonchev–Trinajstić information content (AvgIpc) is 3.39. The van der Waals surface area contributed by atoms with Crippen LogP contribution in [0.15, 0.2) is 42.5 Å². The first kappa shape index (κ1) is 21.4. The second-order valence-corrected chi connectivity index (χ2v) is 8.50. The third-order valence-corrected chi connectivity index (χ3v) is 6.40. The molecule has 1 amide bonds. The van der Waals surface area contributed by atoms with E-state index in [1.54, 1.807) is 0 Å². The molecule has 2 aromatic carbocycles. The Hall–Kier alpha value is -3.50. The molecule has 1 atom stereocenters. The molecule has 2 heterocycles. The third kappa shape index (κ3) is 4.14. The summed E-state index contributed by atoms with van der Waals surface area (Å²) < 4.78 is 18.6. The first-order valence-corrected chi connectivity index (χ1v) is 11.5. The monoisotopic (exact) mass is 445 g/mol. The fourth-order valence-electron chi connectivity index (χ4n) is 4.59. The second-order valence-electron chi connectivity index (χ2n) is 8.50. The molecule has 1 aliphatic heterocycles. The number of nitriles is 1. The second kappa shape index (κ2) is 9.16. The molecule has 7 heteroatoms. The normalized spacial score (nSPS) is 18.0. The molecule has 1 saturated heterocycles. The van der Waals surface area contributed by atoms with Crippen molar-refractivity contribution in [2.45, 2.75) is 44.8 Å². The number of anilines is 1. The lowest BCUT2D eigenvalue weighted by molar-refractivity contribution is 0.0932. The Kier molecular flexibility index (Phi) is 5.93. The van der Waals surface area contributed by atoms with Crippen molar-refractivity contribution in [3.05, 3.63) is 48.0 Å². The minimum Gasteiger partial charge on any atom is -0.494 e. The summed E-state index contributed by atoms with van der Waals surface area (Å²) in [6.45, 7) is 3.59. The number of hydrogen-bond acceptors (Lipinski definition) is 5. The molecule has 1 N–H and O–H groups in total. The van der Waals surface area contributed by atoms with Gasteiger partial charge in [0.05, 0.1) is 36.6 Å². The lowest BCUT2D eigenvalue weighted by Crippen LogP contribution is -2.22. The molecule has 0 radical (unpaired) electrons. The highest BCUT2D eigenvalue weighted by atomic mass is 16.6. The van der Waals surface area contributed by atoms with Crippen LogP contribution in [-0.4, -0.2) is 36.6 Å². The number of aromatic nitrogens is 1. The molecule has 1 saturated carbocycles. The van der Waals surface area contributed by atoms with Crippen LogP contribution < -0.4 is 10.1 Å². The molecule has 1 aliphatic carbocycles. The van der Waals surface area contributed by atoms with Crippen LogP contribution in [-0.2, 0) is 9.47 Å². The molecule has 3 aromatic rings. The lowest BCUT2D eigenvalue weighted by Gasteiger charge is -2.30. The van der Waals surface area contributed by atoms with Crippen molar-refractivity contribution in [3.8, 4) is 23.1 Å². The van der Waals surface area contributed by atoms with Gasteiger partial charge in [-0.25, -0.2) is 4.79 Å². The van der Waals surface area contributed by atoms with Crippen molar-refractivity contribution in [1.29, 1.82) is 5.26 Å². The van der Waals surface area contributed by atoms with E-state index in [1.807, 2.05) is 43.3 Å². The van der Waals surface area contributed by atoms with Gasteiger partial charge in [0.15, 0.2) is 0 Å². The summed E-state index contributed by atoms with van der Waals surface area (Å²) in [5, 5.41) is 13.8. The van der Waals surface area contributed by atoms with Gasteiger partial charge in [0, 0.05) is 23.5 Å². The zero-order valence-corrected chi connectivity index (χ0v) is 18.7. The number of hydrogen-bond donors (Lipinski definition) is 1. The van der Waals surface area contributed by atoms with E-state index in [2.05, 4.69) is 22.0 Å². The number of carbonyl (C=O) groups excluding carboxylic acids is 1. The van der Waals surface area contributed by atoms with E-state index in [4.69, 9.17) is 14.2 Å². The maximum Gasteiger partial charge on any atom is 0.411 e. The predicted molar refractivity (Wildman–Crippen MR) is 125 cm³/mol. The number of fused-ring (bicyclic) bond motifs is 1. The topological polar surface area (TPSA) is 85.5 Å². The molecule has 1 aromatic heterocycles. The van der Waals surface area contributed by atoms with E-state index in [-0.39, 0.29) is 6.10 Å². The van der Waals surface area contributed by atoms with Gasteiger partial charge < -0.3 is 18.8 Å². The SMILES string of the molecule is CCOc1ccc2c(c1)c(C#N)c(-c1ccc(NC(=O)OC3CCOC3)cc1)n2C1CCC1. The summed E-state index contributed by atoms with van der Waals surface area (Å²) in [5.74, 6) is 0.768. The number of benzene rings is 2. The van der Waals surface area contributed by atoms with Gasteiger partial charge in [0.2, 0.25) is 0 Å². The van der Waals surface area contributed by atoms with Crippen LogP contribution in [0.5, 0.6) is 5.75 Å². The number of nitrogens with zero attached hydrogens (tertiary/aromatic N) is 2. The van der Waals surface area contributed by atoms with E-state index in [1.165, 1.54) is 6.42 Å². The molecule has 170 valence electrons. The highest BCUT2D eigenvalue weighted by Gasteiger charge is 2.28. The highest BCUT2D eigenvalue weighted by Crippen LogP contribution is 2.43. The largest absolute Gasteiger partial charge is 0.494 e. The quantitative estimate of drug-likeness (QED) is 0.531. The summed E-state index contributed by atoms with van der Waals surface area (Å²) in [6, 6.07) is 16.4. The average molecular weight is 446 g/mol. The first-order chi connectivity index (χ1) is 16.2. The highest BCUT2D eigenvalue weighted by molar-refractivity contribution is 5.96. The van der Waals surface area contributed by atoms with E-state index < -0.39 is 6.09 Å². The predicted octanol–water partition coefficient (Wildman–Crippen LogP) is 5.64. The summed E-state index contributed by atoms with van der Waals surface area (Å²) in [7, 11) is 0. The molecule has 33 heavy (non-hydrogen) atoms. The van der Waals surface area contributed by atoms with Gasteiger partial charge in [-0.3, -0.25) is 5.32 Å². The first-order valence-electron chi connectivity index (χ1n) is 11.5. The Morgan fingerprint density at radius 3 is 2.67 bits per heavy atom. The van der Waals surface area contributed by atoms with Crippen LogP contribution in [0.4, 0.5) is 10.5 Å². The Morgan fingerprint density at radius 2 is 2.03 bits per heavy atom. The van der Waals surface area contributed by atoms with Crippen molar-refractivity contribution in [2.75, 3.05) is 25.1 Å². The van der Waals surface area contributed by atoms with Crippen LogP contribution in [0.25, 0.3) is 22.2 Å². The Labute approximate surface area is 192 Å². The van der Waals surface area contributed by atoms with Crippen LogP contribution in [0.1, 0.15) is 44.2 Å². The van der Waals surface area contributed by atoms with Gasteiger partial charge >= 0.3 is 6.09 Å². The summed E-state index contributed by atoms with van der Waals surface area (Å²) in [6.07, 6.45) is 3.45. The number of amides is 1. The standard InChI is InChI=1S/C26H27N3O4/c1-2-32-20-10-11-24-22(14-20)23(15-27)25(29(24)19-4-3-5-19)17-6-8-18(9-7-17)28-26(30)33-21-12-13-31-16-21/h6-11,14,19,21H,2-5,12-13,16H2,1H3,(H,28,30). The van der Waals surface area contributed by atoms with Crippen LogP contribution in [0.3, 0.4) is 0 Å². The van der Waals surface area contributed by atoms with Gasteiger partial charge in [-0.1, -0.05) is 12.1 Å². The third-order valence-electron chi connectivity index (χ3n) is 6.40. The Balaban J connectivity index is 1.48. The van der Waals surface area contributed by atoms with Gasteiger partial charge in [0.1, 0.15) is 17.9 Å². The summed E-state index contributed by atoms with van der Waals surface area (Å²) >= 11 is 0. The minimum atomic E-state index is -0.483. The van der Waals surface area contributed by atoms with Gasteiger partial charge in [-0.15, -0.1) is 0 Å². The molecule has 2 aliphatic rings. The molecule has 0 bridgehead atoms. The molecule has 5 rings (SSSR count). The van der Waals surface area contributed by atoms with Crippen molar-refractivity contribution >= 4 is 22.7 Å². The van der Waals surface area contributed by atoms with Crippen molar-refractivity contribution in [3.63, 3.8) is 0 Å². The van der Waals surface area contributed by atoms with E-state index >= 15 is 0 Å². The smallest absolute Gasteiger partial charge is 0.411 e. The minimum absolute atomic E-state index is 0.192. The fourth-order valence-corrected chi connectivity index (χ4v) is 4.59. The summed E-state index contributed by atoms with van der Waals surface area (Å²) in [4.78, 5) is 12.2. The van der Waals surface area contributed by atoms with Crippen molar-refractivity contribution < 1.29 is 19.0 Å². The van der Waals surface area contributed by atoms with Crippen molar-refractivity contribution in [2.24, 2.45) is 0 Å². The van der Waals surface area contributed by atoms with Crippen molar-refractivity contribution in [1.82, 2.24) is 4.57 Å². The zero-order chi connectivity index (χ0) is 22.8. The van der Waals surface area contributed by atoms with Crippen LogP contribution in [0, 0.1) is 11.3 Å². The van der Waals surface area contributed by atoms with Gasteiger partial charge in [-0.2, -0.15) is 5.26 Å². The maximum atomic E-state index is 12.2. The molecular formula is C26H27N3O4. The maximum absolute atomic E-state index is 12.2. The zero-order valence-electron chi connectivity index (χ0n) is 18.7. The van der Waals surface area contributed by atoms with Crippen LogP contribution >= 0.6 is 0 Å². The Bertz CT molecular complexity index is 1200. The molecule has 0 spiro atoms.